The van der Waals surface area contributed by atoms with Gasteiger partial charge in [0.15, 0.2) is 0 Å². The molecule has 3 rings (SSSR count). The molecule has 0 radical (unpaired) electrons. The van der Waals surface area contributed by atoms with Crippen molar-refractivity contribution in [3.63, 3.8) is 0 Å². The van der Waals surface area contributed by atoms with E-state index < -0.39 is 0 Å². The van der Waals surface area contributed by atoms with Crippen molar-refractivity contribution in [3.8, 4) is 11.1 Å². The molecular formula is C23H30FN. The van der Waals surface area contributed by atoms with Gasteiger partial charge in [-0.25, -0.2) is 4.39 Å². The van der Waals surface area contributed by atoms with E-state index in [4.69, 9.17) is 0 Å². The zero-order valence-corrected chi connectivity index (χ0v) is 15.5. The molecule has 1 unspecified atom stereocenters. The Kier molecular flexibility index (Phi) is 6.25. The highest BCUT2D eigenvalue weighted by atomic mass is 19.1. The molecule has 1 saturated carbocycles. The number of halogens is 1. The average Bonchev–Trinajstić information content (AvgIpc) is 2.64. The Labute approximate surface area is 151 Å². The Morgan fingerprint density at radius 3 is 2.44 bits per heavy atom. The lowest BCUT2D eigenvalue weighted by Gasteiger charge is -2.26. The van der Waals surface area contributed by atoms with Crippen LogP contribution in [0.4, 0.5) is 4.39 Å². The molecule has 134 valence electrons. The van der Waals surface area contributed by atoms with Crippen LogP contribution in [0.1, 0.15) is 51.0 Å². The summed E-state index contributed by atoms with van der Waals surface area (Å²) in [5, 5.41) is 3.61. The van der Waals surface area contributed by atoms with E-state index in [1.165, 1.54) is 25.7 Å². The minimum atomic E-state index is -0.128. The van der Waals surface area contributed by atoms with E-state index in [1.54, 1.807) is 6.07 Å². The van der Waals surface area contributed by atoms with Crippen molar-refractivity contribution in [1.82, 2.24) is 5.32 Å². The fourth-order valence-corrected chi connectivity index (χ4v) is 3.84. The molecular weight excluding hydrogens is 309 g/mol. The third kappa shape index (κ3) is 4.92. The van der Waals surface area contributed by atoms with Crippen molar-refractivity contribution in [2.24, 2.45) is 11.8 Å². The molecule has 1 fully saturated rings. The van der Waals surface area contributed by atoms with Crippen molar-refractivity contribution in [2.75, 3.05) is 13.1 Å². The molecule has 0 saturated heterocycles. The van der Waals surface area contributed by atoms with Crippen LogP contribution in [0.5, 0.6) is 0 Å². The van der Waals surface area contributed by atoms with Gasteiger partial charge in [-0.1, -0.05) is 69.2 Å². The second-order valence-corrected chi connectivity index (χ2v) is 7.79. The summed E-state index contributed by atoms with van der Waals surface area (Å²) in [5.74, 6) is 1.92. The SMILES string of the molecule is CC1CCC(CNCC(C)c2ccc(-c3ccccc3)c(F)c2)CC1. The first-order valence-corrected chi connectivity index (χ1v) is 9.69. The normalized spacial score (nSPS) is 21.9. The molecule has 1 aliphatic carbocycles. The zero-order valence-electron chi connectivity index (χ0n) is 15.5. The summed E-state index contributed by atoms with van der Waals surface area (Å²) >= 11 is 0. The highest BCUT2D eigenvalue weighted by molar-refractivity contribution is 5.64. The Hall–Kier alpha value is -1.67. The molecule has 0 amide bonds. The van der Waals surface area contributed by atoms with E-state index in [1.807, 2.05) is 36.4 Å². The second-order valence-electron chi connectivity index (χ2n) is 7.79. The standard InChI is InChI=1S/C23H30FN/c1-17-8-10-19(11-9-17)16-25-15-18(2)21-12-13-22(23(24)14-21)20-6-4-3-5-7-20/h3-7,12-14,17-19,25H,8-11,15-16H2,1-2H3. The van der Waals surface area contributed by atoms with Crippen LogP contribution in [0.25, 0.3) is 11.1 Å². The lowest BCUT2D eigenvalue weighted by Crippen LogP contribution is -2.28. The van der Waals surface area contributed by atoms with Crippen LogP contribution in [0.3, 0.4) is 0 Å². The lowest BCUT2D eigenvalue weighted by molar-refractivity contribution is 0.281. The fraction of sp³-hybridized carbons (Fsp3) is 0.478. The first-order valence-electron chi connectivity index (χ1n) is 9.69. The van der Waals surface area contributed by atoms with Crippen LogP contribution >= 0.6 is 0 Å². The van der Waals surface area contributed by atoms with Crippen LogP contribution in [-0.4, -0.2) is 13.1 Å². The number of benzene rings is 2. The Balaban J connectivity index is 1.54. The van der Waals surface area contributed by atoms with E-state index >= 15 is 0 Å². The highest BCUT2D eigenvalue weighted by Crippen LogP contribution is 2.28. The van der Waals surface area contributed by atoms with Gasteiger partial charge in [-0.15, -0.1) is 0 Å². The number of rotatable bonds is 6. The summed E-state index contributed by atoms with van der Waals surface area (Å²) in [6.45, 7) is 6.55. The van der Waals surface area contributed by atoms with Crippen LogP contribution in [-0.2, 0) is 0 Å². The van der Waals surface area contributed by atoms with E-state index in [0.29, 0.717) is 11.5 Å². The molecule has 0 aromatic heterocycles. The van der Waals surface area contributed by atoms with Gasteiger partial charge >= 0.3 is 0 Å². The van der Waals surface area contributed by atoms with Gasteiger partial charge in [0, 0.05) is 12.1 Å². The third-order valence-electron chi connectivity index (χ3n) is 5.67. The third-order valence-corrected chi connectivity index (χ3v) is 5.67. The quantitative estimate of drug-likeness (QED) is 0.679. The topological polar surface area (TPSA) is 12.0 Å². The summed E-state index contributed by atoms with van der Waals surface area (Å²) in [6, 6.07) is 15.4. The molecule has 25 heavy (non-hydrogen) atoms. The molecule has 2 aromatic carbocycles. The zero-order chi connectivity index (χ0) is 17.6. The molecule has 0 aliphatic heterocycles. The summed E-state index contributed by atoms with van der Waals surface area (Å²) in [4.78, 5) is 0. The molecule has 2 aromatic rings. The minimum Gasteiger partial charge on any atom is -0.316 e. The number of nitrogens with one attached hydrogen (secondary N) is 1. The Morgan fingerprint density at radius 2 is 1.76 bits per heavy atom. The van der Waals surface area contributed by atoms with Crippen molar-refractivity contribution in [2.45, 2.75) is 45.4 Å². The fourth-order valence-electron chi connectivity index (χ4n) is 3.84. The number of hydrogen-bond acceptors (Lipinski definition) is 1. The first-order chi connectivity index (χ1) is 12.1. The van der Waals surface area contributed by atoms with Gasteiger partial charge in [0.25, 0.3) is 0 Å². The van der Waals surface area contributed by atoms with Crippen LogP contribution < -0.4 is 5.32 Å². The van der Waals surface area contributed by atoms with E-state index in [0.717, 1.165) is 36.1 Å². The second kappa shape index (κ2) is 8.62. The van der Waals surface area contributed by atoms with Crippen molar-refractivity contribution in [3.05, 3.63) is 59.9 Å². The largest absolute Gasteiger partial charge is 0.316 e. The van der Waals surface area contributed by atoms with Gasteiger partial charge in [0.1, 0.15) is 5.82 Å². The highest BCUT2D eigenvalue weighted by Gasteiger charge is 2.18. The van der Waals surface area contributed by atoms with Crippen molar-refractivity contribution in [1.29, 1.82) is 0 Å². The van der Waals surface area contributed by atoms with Crippen LogP contribution in [0.15, 0.2) is 48.5 Å². The van der Waals surface area contributed by atoms with Crippen LogP contribution in [0, 0.1) is 17.7 Å². The van der Waals surface area contributed by atoms with Gasteiger partial charge in [0.2, 0.25) is 0 Å². The summed E-state index contributed by atoms with van der Waals surface area (Å²) in [6.07, 6.45) is 5.44. The smallest absolute Gasteiger partial charge is 0.131 e. The maximum absolute atomic E-state index is 14.5. The summed E-state index contributed by atoms with van der Waals surface area (Å²) in [5.41, 5.74) is 2.69. The molecule has 0 bridgehead atoms. The van der Waals surface area contributed by atoms with E-state index in [2.05, 4.69) is 25.2 Å². The molecule has 1 N–H and O–H groups in total. The van der Waals surface area contributed by atoms with Gasteiger partial charge in [-0.2, -0.15) is 0 Å². The lowest BCUT2D eigenvalue weighted by atomic mass is 9.83. The first kappa shape index (κ1) is 18.1. The number of hydrogen-bond donors (Lipinski definition) is 1. The van der Waals surface area contributed by atoms with Crippen molar-refractivity contribution < 1.29 is 4.39 Å². The summed E-state index contributed by atoms with van der Waals surface area (Å²) in [7, 11) is 0. The molecule has 2 heteroatoms. The van der Waals surface area contributed by atoms with Gasteiger partial charge in [-0.05, 0) is 54.3 Å². The van der Waals surface area contributed by atoms with Gasteiger partial charge < -0.3 is 5.32 Å². The minimum absolute atomic E-state index is 0.128. The summed E-state index contributed by atoms with van der Waals surface area (Å²) < 4.78 is 14.5. The predicted octanol–water partition coefficient (Wildman–Crippen LogP) is 6.01. The van der Waals surface area contributed by atoms with Crippen LogP contribution in [0.2, 0.25) is 0 Å². The van der Waals surface area contributed by atoms with Crippen molar-refractivity contribution >= 4 is 0 Å². The predicted molar refractivity (Wildman–Crippen MR) is 104 cm³/mol. The molecule has 1 atom stereocenters. The molecule has 1 aliphatic rings. The van der Waals surface area contributed by atoms with Gasteiger partial charge in [-0.3, -0.25) is 0 Å². The van der Waals surface area contributed by atoms with Gasteiger partial charge in [0.05, 0.1) is 0 Å². The monoisotopic (exact) mass is 339 g/mol. The maximum Gasteiger partial charge on any atom is 0.131 e. The molecule has 0 spiro atoms. The molecule has 0 heterocycles. The Morgan fingerprint density at radius 1 is 1.04 bits per heavy atom. The Bertz CT molecular complexity index is 659. The maximum atomic E-state index is 14.5. The van der Waals surface area contributed by atoms with E-state index in [9.17, 15) is 4.39 Å². The average molecular weight is 339 g/mol. The van der Waals surface area contributed by atoms with E-state index in [-0.39, 0.29) is 5.82 Å². The molecule has 1 nitrogen and oxygen atoms in total.